The molecule has 0 aromatic rings. The molecule has 0 spiro atoms. The molecule has 0 aromatic heterocycles. The fourth-order valence-corrected chi connectivity index (χ4v) is 5.92. The molecule has 0 amide bonds. The zero-order valence-corrected chi connectivity index (χ0v) is 36.4. The van der Waals surface area contributed by atoms with Gasteiger partial charge in [-0.05, 0) is 83.1 Å². The Kier molecular flexibility index (Phi) is 20.8. The summed E-state index contributed by atoms with van der Waals surface area (Å²) in [5.74, 6) is -1.88. The summed E-state index contributed by atoms with van der Waals surface area (Å²) in [7, 11) is 0. The summed E-state index contributed by atoms with van der Waals surface area (Å²) >= 11 is 0. The number of esters is 4. The minimum atomic E-state index is -1.63. The van der Waals surface area contributed by atoms with Crippen LogP contribution in [0, 0.1) is 0 Å². The van der Waals surface area contributed by atoms with Gasteiger partial charge in [0.05, 0.1) is 57.6 Å². The van der Waals surface area contributed by atoms with Crippen molar-refractivity contribution in [2.75, 3.05) is 111 Å². The number of hydrogen-bond acceptors (Lipinski definition) is 17. The van der Waals surface area contributed by atoms with Gasteiger partial charge in [-0.1, -0.05) is 0 Å². The molecule has 1 heterocycles. The number of aliphatic hydroxyl groups is 4. The number of rotatable bonds is 16. The van der Waals surface area contributed by atoms with E-state index in [1.807, 2.05) is 19.6 Å². The average Bonchev–Trinajstić information content (AvgIpc) is 2.99. The predicted molar refractivity (Wildman–Crippen MR) is 211 cm³/mol. The lowest BCUT2D eigenvalue weighted by Gasteiger charge is -2.41. The standard InChI is InChI=1S/C39H75N5O12/c1-35(2,3)53-31(49)23-41-15-13-40(21-30(48)22-44(39(27-45,28-46)29-47)26-34(52)56-38(10,11)12)14-16-42(24-32(50)54-36(4,5)6)18-20-43(19-17-41)25-33(51)55-37(7,8)9/h30,45-48H,13-29H2,1-12H3. The molecule has 1 fully saturated rings. The molecule has 1 saturated heterocycles. The summed E-state index contributed by atoms with van der Waals surface area (Å²) in [6.07, 6.45) is -1.14. The number of carbonyl (C=O) groups excluding carboxylic acids is 4. The maximum absolute atomic E-state index is 13.0. The fourth-order valence-electron chi connectivity index (χ4n) is 5.92. The Morgan fingerprint density at radius 2 is 0.768 bits per heavy atom. The second-order valence-electron chi connectivity index (χ2n) is 18.7. The fraction of sp³-hybridized carbons (Fsp3) is 0.897. The topological polar surface area (TPSA) is 202 Å². The molecule has 1 aliphatic rings. The lowest BCUT2D eigenvalue weighted by Crippen LogP contribution is -2.61. The third-order valence-corrected chi connectivity index (χ3v) is 8.44. The molecule has 56 heavy (non-hydrogen) atoms. The zero-order chi connectivity index (χ0) is 43.1. The highest BCUT2D eigenvalue weighted by atomic mass is 16.6. The van der Waals surface area contributed by atoms with Gasteiger partial charge >= 0.3 is 23.9 Å². The molecular weight excluding hydrogens is 730 g/mol. The minimum Gasteiger partial charge on any atom is -0.459 e. The van der Waals surface area contributed by atoms with Gasteiger partial charge in [0.25, 0.3) is 0 Å². The van der Waals surface area contributed by atoms with Gasteiger partial charge in [-0.2, -0.15) is 0 Å². The molecule has 1 aliphatic heterocycles. The van der Waals surface area contributed by atoms with E-state index in [0.717, 1.165) is 0 Å². The number of hydrogen-bond donors (Lipinski definition) is 4. The van der Waals surface area contributed by atoms with Crippen molar-refractivity contribution in [1.29, 1.82) is 0 Å². The Balaban J connectivity index is 3.46. The monoisotopic (exact) mass is 806 g/mol. The quantitative estimate of drug-likeness (QED) is 0.119. The van der Waals surface area contributed by atoms with Gasteiger partial charge in [0.1, 0.15) is 22.4 Å². The van der Waals surface area contributed by atoms with Crippen LogP contribution in [0.1, 0.15) is 83.1 Å². The molecule has 1 rings (SSSR count). The first-order valence-corrected chi connectivity index (χ1v) is 19.6. The molecule has 0 radical (unpaired) electrons. The van der Waals surface area contributed by atoms with Gasteiger partial charge in [0.2, 0.25) is 0 Å². The largest absolute Gasteiger partial charge is 0.459 e. The van der Waals surface area contributed by atoms with Crippen molar-refractivity contribution in [2.24, 2.45) is 0 Å². The normalized spacial score (nSPS) is 17.8. The number of aliphatic hydroxyl groups excluding tert-OH is 4. The highest BCUT2D eigenvalue weighted by Gasteiger charge is 2.39. The van der Waals surface area contributed by atoms with Crippen LogP contribution in [0.15, 0.2) is 0 Å². The van der Waals surface area contributed by atoms with Crippen molar-refractivity contribution in [3.8, 4) is 0 Å². The second kappa shape index (κ2) is 22.6. The van der Waals surface area contributed by atoms with Crippen LogP contribution in [-0.2, 0) is 38.1 Å². The number of β-amino-alcohol motifs (C(OH)–C–C–N with tert-alkyl or cyclic N) is 1. The first-order valence-electron chi connectivity index (χ1n) is 19.6. The van der Waals surface area contributed by atoms with Gasteiger partial charge in [0, 0.05) is 65.4 Å². The maximum Gasteiger partial charge on any atom is 0.320 e. The van der Waals surface area contributed by atoms with Crippen LogP contribution in [-0.4, -0.2) is 214 Å². The molecular formula is C39H75N5O12. The summed E-state index contributed by atoms with van der Waals surface area (Å²) in [5, 5.41) is 42.2. The van der Waals surface area contributed by atoms with E-state index in [4.69, 9.17) is 18.9 Å². The van der Waals surface area contributed by atoms with Crippen molar-refractivity contribution in [3.05, 3.63) is 0 Å². The van der Waals surface area contributed by atoms with Crippen LogP contribution in [0.4, 0.5) is 0 Å². The van der Waals surface area contributed by atoms with Crippen molar-refractivity contribution in [1.82, 2.24) is 24.5 Å². The van der Waals surface area contributed by atoms with E-state index in [0.29, 0.717) is 52.4 Å². The van der Waals surface area contributed by atoms with E-state index in [-0.39, 0.29) is 32.7 Å². The van der Waals surface area contributed by atoms with Crippen molar-refractivity contribution in [3.63, 3.8) is 0 Å². The molecule has 4 N–H and O–H groups in total. The van der Waals surface area contributed by atoms with Gasteiger partial charge in [-0.15, -0.1) is 0 Å². The lowest BCUT2D eigenvalue weighted by molar-refractivity contribution is -0.161. The Morgan fingerprint density at radius 1 is 0.500 bits per heavy atom. The molecule has 0 saturated carbocycles. The molecule has 328 valence electrons. The lowest BCUT2D eigenvalue weighted by atomic mass is 9.99. The van der Waals surface area contributed by atoms with Crippen LogP contribution in [0.5, 0.6) is 0 Å². The molecule has 17 nitrogen and oxygen atoms in total. The summed E-state index contributed by atoms with van der Waals surface area (Å²) < 4.78 is 22.3. The highest BCUT2D eigenvalue weighted by Crippen LogP contribution is 2.18. The van der Waals surface area contributed by atoms with Crippen LogP contribution in [0.3, 0.4) is 0 Å². The summed E-state index contributed by atoms with van der Waals surface area (Å²) in [6, 6.07) is 0. The van der Waals surface area contributed by atoms with Crippen molar-refractivity contribution in [2.45, 2.75) is 117 Å². The van der Waals surface area contributed by atoms with E-state index in [9.17, 15) is 39.6 Å². The Labute approximate surface area is 335 Å². The summed E-state index contributed by atoms with van der Waals surface area (Å²) in [6.45, 7) is 21.7. The van der Waals surface area contributed by atoms with E-state index >= 15 is 0 Å². The molecule has 0 aliphatic carbocycles. The van der Waals surface area contributed by atoms with Crippen LogP contribution < -0.4 is 0 Å². The van der Waals surface area contributed by atoms with Crippen LogP contribution in [0.2, 0.25) is 0 Å². The van der Waals surface area contributed by atoms with Gasteiger partial charge in [-0.25, -0.2) is 0 Å². The minimum absolute atomic E-state index is 0.00689. The van der Waals surface area contributed by atoms with Crippen molar-refractivity contribution >= 4 is 23.9 Å². The summed E-state index contributed by atoms with van der Waals surface area (Å²) in [5.41, 5.74) is -4.51. The Bertz CT molecular complexity index is 1170. The van der Waals surface area contributed by atoms with Gasteiger partial charge in [-0.3, -0.25) is 43.7 Å². The third-order valence-electron chi connectivity index (χ3n) is 8.44. The molecule has 1 atom stereocenters. The highest BCUT2D eigenvalue weighted by molar-refractivity contribution is 5.73. The van der Waals surface area contributed by atoms with E-state index in [1.54, 1.807) is 83.1 Å². The number of nitrogens with zero attached hydrogens (tertiary/aromatic N) is 5. The SMILES string of the molecule is CC(C)(C)OC(=O)CN1CCN(CC(=O)OC(C)(C)C)CCN(CC(O)CN(CC(=O)OC(C)(C)C)C(CO)(CO)CO)CCN(CC(=O)OC(C)(C)C)CC1. The van der Waals surface area contributed by atoms with Crippen LogP contribution in [0.25, 0.3) is 0 Å². The van der Waals surface area contributed by atoms with E-state index in [1.165, 1.54) is 4.90 Å². The average molecular weight is 806 g/mol. The smallest absolute Gasteiger partial charge is 0.320 e. The first-order chi connectivity index (χ1) is 25.6. The molecule has 1 unspecified atom stereocenters. The number of ether oxygens (including phenoxy) is 4. The third kappa shape index (κ3) is 22.5. The molecule has 0 bridgehead atoms. The second-order valence-corrected chi connectivity index (χ2v) is 18.7. The first kappa shape index (κ1) is 51.5. The van der Waals surface area contributed by atoms with Gasteiger partial charge < -0.3 is 39.4 Å². The Hall–Kier alpha value is -2.48. The number of carbonyl (C=O) groups is 4. The van der Waals surface area contributed by atoms with E-state index in [2.05, 4.69) is 0 Å². The van der Waals surface area contributed by atoms with E-state index < -0.39 is 84.3 Å². The van der Waals surface area contributed by atoms with Crippen LogP contribution >= 0.6 is 0 Å². The predicted octanol–water partition coefficient (Wildman–Crippen LogP) is -0.0466. The van der Waals surface area contributed by atoms with Gasteiger partial charge in [0.15, 0.2) is 0 Å². The zero-order valence-electron chi connectivity index (χ0n) is 36.4. The Morgan fingerprint density at radius 3 is 1.04 bits per heavy atom. The molecule has 17 heteroatoms. The summed E-state index contributed by atoms with van der Waals surface area (Å²) in [4.78, 5) is 61.0. The molecule has 0 aromatic carbocycles. The maximum atomic E-state index is 13.0. The van der Waals surface area contributed by atoms with Crippen molar-refractivity contribution < 1.29 is 58.6 Å².